The molecule has 1 aromatic carbocycles. The van der Waals surface area contributed by atoms with Gasteiger partial charge in [-0.15, -0.1) is 0 Å². The van der Waals surface area contributed by atoms with Crippen molar-refractivity contribution < 1.29 is 56.5 Å². The molecule has 0 aliphatic heterocycles. The summed E-state index contributed by atoms with van der Waals surface area (Å²) in [6.45, 7) is 4.47. The molecule has 0 aliphatic rings. The summed E-state index contributed by atoms with van der Waals surface area (Å²) >= 11 is 0. The maximum atomic E-state index is 12.3. The van der Waals surface area contributed by atoms with Crippen molar-refractivity contribution in [2.24, 2.45) is 0 Å². The van der Waals surface area contributed by atoms with E-state index in [1.165, 1.54) is 6.07 Å². The summed E-state index contributed by atoms with van der Waals surface area (Å²) < 4.78 is 0. The number of para-hydroxylation sites is 1. The molecule has 0 unspecified atom stereocenters. The van der Waals surface area contributed by atoms with Crippen LogP contribution in [0.2, 0.25) is 0 Å². The Morgan fingerprint density at radius 2 is 1.96 bits per heavy atom. The first-order valence-electron chi connectivity index (χ1n) is 6.98. The van der Waals surface area contributed by atoms with Gasteiger partial charge in [0.05, 0.1) is 0 Å². The van der Waals surface area contributed by atoms with E-state index >= 15 is 0 Å². The minimum atomic E-state index is -0.422. The van der Waals surface area contributed by atoms with Crippen molar-refractivity contribution in [3.05, 3.63) is 46.4 Å². The fraction of sp³-hybridized carbons (Fsp3) is 0.188. The molecule has 2 N–H and O–H groups in total. The van der Waals surface area contributed by atoms with Crippen molar-refractivity contribution in [3.8, 4) is 16.9 Å². The Hall–Kier alpha value is -1.25. The number of nitrogens with zero attached hydrogens (tertiary/aromatic N) is 3. The molecule has 0 saturated heterocycles. The quantitative estimate of drug-likeness (QED) is 0.601. The van der Waals surface area contributed by atoms with Crippen LogP contribution < -0.4 is 67.2 Å². The summed E-state index contributed by atoms with van der Waals surface area (Å²) in [5, 5.41) is 13.6. The number of aromatic hydroxyl groups is 1. The maximum Gasteiger partial charge on any atom is 1.00 e. The Kier molecular flexibility index (Phi) is 5.93. The molecule has 3 rings (SSSR count). The number of fused-ring (bicyclic) bond motifs is 1. The van der Waals surface area contributed by atoms with Crippen molar-refractivity contribution in [1.82, 2.24) is 15.0 Å². The molecule has 0 saturated carbocycles. The van der Waals surface area contributed by atoms with E-state index in [9.17, 15) is 9.90 Å². The van der Waals surface area contributed by atoms with E-state index in [0.29, 0.717) is 34.7 Å². The number of hydrogen-bond acceptors (Lipinski definition) is 5. The van der Waals surface area contributed by atoms with Gasteiger partial charge in [0, 0.05) is 23.4 Å². The van der Waals surface area contributed by atoms with Gasteiger partial charge >= 0.3 is 51.4 Å². The van der Waals surface area contributed by atoms with Crippen LogP contribution in [0.1, 0.15) is 12.6 Å². The summed E-state index contributed by atoms with van der Waals surface area (Å²) in [6, 6.07) is 8.37. The molecule has 112 valence electrons. The van der Waals surface area contributed by atoms with Gasteiger partial charge < -0.3 is 20.4 Å². The minimum Gasteiger partial charge on any atom is -0.507 e. The van der Waals surface area contributed by atoms with Crippen LogP contribution in [0.25, 0.3) is 22.2 Å². The third kappa shape index (κ3) is 3.64. The summed E-state index contributed by atoms with van der Waals surface area (Å²) in [5.41, 5.74) is 1.46. The van der Waals surface area contributed by atoms with Crippen molar-refractivity contribution in [1.29, 1.82) is 0 Å². The monoisotopic (exact) mass is 334 g/mol. The van der Waals surface area contributed by atoms with E-state index in [1.807, 2.05) is 13.8 Å². The van der Waals surface area contributed by atoms with Crippen LogP contribution in [0.4, 0.5) is 5.95 Å². The summed E-state index contributed by atoms with van der Waals surface area (Å²) in [6.07, 6.45) is 0. The van der Waals surface area contributed by atoms with E-state index in [2.05, 4.69) is 20.3 Å². The molecular weight excluding hydrogens is 319 g/mol. The number of pyridine rings is 1. The molecule has 0 atom stereocenters. The predicted molar refractivity (Wildman–Crippen MR) is 85.1 cm³/mol. The average Bonchev–Trinajstić information content (AvgIpc) is 2.48. The molecule has 23 heavy (non-hydrogen) atoms. The molecule has 0 radical (unpaired) electrons. The van der Waals surface area contributed by atoms with E-state index in [4.69, 9.17) is 0 Å². The molecule has 0 fully saturated rings. The Morgan fingerprint density at radius 1 is 1.22 bits per heavy atom. The van der Waals surface area contributed by atoms with Crippen LogP contribution in [0, 0.1) is 6.92 Å². The fourth-order valence-electron chi connectivity index (χ4n) is 2.31. The molecule has 7 heteroatoms. The van der Waals surface area contributed by atoms with Crippen LogP contribution >= 0.6 is 0 Å². The standard InChI is InChI=1S/C16H16N4O2.K/c1-3-17-16-18-9(2)11-8-12(15(22)19-14(11)20-16)10-6-4-5-7-13(10)21;/h4-8H,3H2,1-2H3,(H3,17,18,19,20,21,22);/q;+1/p-1. The van der Waals surface area contributed by atoms with Crippen molar-refractivity contribution in [2.45, 2.75) is 13.8 Å². The Balaban J connectivity index is 0.00000192. The van der Waals surface area contributed by atoms with Gasteiger partial charge in [0.1, 0.15) is 11.7 Å². The Bertz CT molecular complexity index is 908. The number of hydrogen-bond donors (Lipinski definition) is 2. The zero-order valence-corrected chi connectivity index (χ0v) is 16.4. The predicted octanol–water partition coefficient (Wildman–Crippen LogP) is -0.936. The summed E-state index contributed by atoms with van der Waals surface area (Å²) in [5.74, 6) is 0.498. The summed E-state index contributed by atoms with van der Waals surface area (Å²) in [4.78, 5) is 24.9. The van der Waals surface area contributed by atoms with Crippen LogP contribution in [0.5, 0.6) is 5.75 Å². The SMILES string of the molecule is CCNc1nc(C)c2cc(-c3ccccc3O)c(=O)[n-]c2n1.[K+]. The first kappa shape index (κ1) is 18.1. The van der Waals surface area contributed by atoms with Crippen LogP contribution in [-0.4, -0.2) is 21.6 Å². The molecule has 3 aromatic rings. The number of anilines is 1. The number of phenolic OH excluding ortho intramolecular Hbond substituents is 1. The zero-order valence-electron chi connectivity index (χ0n) is 13.3. The van der Waals surface area contributed by atoms with Gasteiger partial charge in [-0.1, -0.05) is 18.2 Å². The Labute approximate surface area is 175 Å². The van der Waals surface area contributed by atoms with E-state index < -0.39 is 5.56 Å². The molecule has 0 spiro atoms. The molecule has 2 aromatic heterocycles. The first-order chi connectivity index (χ1) is 10.6. The number of benzene rings is 1. The molecule has 0 bridgehead atoms. The number of rotatable bonds is 3. The number of aromatic nitrogens is 3. The van der Waals surface area contributed by atoms with Gasteiger partial charge in [-0.25, -0.2) is 4.98 Å². The zero-order chi connectivity index (χ0) is 15.7. The molecule has 0 aliphatic carbocycles. The normalized spacial score (nSPS) is 10.3. The van der Waals surface area contributed by atoms with E-state index in [1.54, 1.807) is 24.3 Å². The molecule has 6 nitrogen and oxygen atoms in total. The first-order valence-corrected chi connectivity index (χ1v) is 6.98. The van der Waals surface area contributed by atoms with Crippen LogP contribution in [0.3, 0.4) is 0 Å². The van der Waals surface area contributed by atoms with Gasteiger partial charge in [0.2, 0.25) is 0 Å². The fourth-order valence-corrected chi connectivity index (χ4v) is 2.31. The molecular formula is C16H15KN4O2. The maximum absolute atomic E-state index is 12.3. The minimum absolute atomic E-state index is 0. The summed E-state index contributed by atoms with van der Waals surface area (Å²) in [7, 11) is 0. The van der Waals surface area contributed by atoms with E-state index in [-0.39, 0.29) is 57.1 Å². The number of nitrogens with one attached hydrogen (secondary N) is 1. The van der Waals surface area contributed by atoms with E-state index in [0.717, 1.165) is 5.69 Å². The van der Waals surface area contributed by atoms with Gasteiger partial charge in [-0.05, 0) is 37.0 Å². The number of aryl methyl sites for hydroxylation is 1. The van der Waals surface area contributed by atoms with Gasteiger partial charge in [0.25, 0.3) is 0 Å². The Morgan fingerprint density at radius 3 is 2.65 bits per heavy atom. The second-order valence-corrected chi connectivity index (χ2v) is 4.89. The van der Waals surface area contributed by atoms with Crippen molar-refractivity contribution >= 4 is 17.0 Å². The average molecular weight is 334 g/mol. The second-order valence-electron chi connectivity index (χ2n) is 4.89. The molecule has 2 heterocycles. The van der Waals surface area contributed by atoms with Gasteiger partial charge in [-0.3, -0.25) is 4.79 Å². The second kappa shape index (κ2) is 7.54. The smallest absolute Gasteiger partial charge is 0.507 e. The third-order valence-electron chi connectivity index (χ3n) is 3.37. The third-order valence-corrected chi connectivity index (χ3v) is 3.37. The van der Waals surface area contributed by atoms with Crippen LogP contribution in [0.15, 0.2) is 35.1 Å². The largest absolute Gasteiger partial charge is 1.00 e. The van der Waals surface area contributed by atoms with Crippen molar-refractivity contribution in [3.63, 3.8) is 0 Å². The van der Waals surface area contributed by atoms with Gasteiger partial charge in [-0.2, -0.15) is 0 Å². The van der Waals surface area contributed by atoms with Crippen molar-refractivity contribution in [2.75, 3.05) is 11.9 Å². The van der Waals surface area contributed by atoms with Gasteiger partial charge in [0.15, 0.2) is 5.56 Å². The number of phenols is 1. The topological polar surface area (TPSA) is 89.2 Å². The molecule has 0 amide bonds. The van der Waals surface area contributed by atoms with Crippen LogP contribution in [-0.2, 0) is 0 Å².